The number of aryl methyl sites for hydroxylation is 1. The van der Waals surface area contributed by atoms with E-state index in [9.17, 15) is 14.9 Å². The van der Waals surface area contributed by atoms with Gasteiger partial charge < -0.3 is 9.47 Å². The minimum Gasteiger partial charge on any atom is -0.489 e. The molecule has 1 N–H and O–H groups in total. The van der Waals surface area contributed by atoms with Crippen LogP contribution in [0.4, 0.5) is 4.39 Å². The second kappa shape index (κ2) is 9.01. The average molecular weight is 439 g/mol. The molecule has 2 aromatic heterocycles. The Labute approximate surface area is 183 Å². The molecule has 0 radical (unpaired) electrons. The van der Waals surface area contributed by atoms with Crippen molar-refractivity contribution in [3.63, 3.8) is 0 Å². The number of nitrogens with zero attached hydrogens (tertiary/aromatic N) is 4. The zero-order valence-corrected chi connectivity index (χ0v) is 18.1. The van der Waals surface area contributed by atoms with Crippen LogP contribution < -0.4 is 10.3 Å². The molecule has 10 heteroatoms. The fourth-order valence-corrected chi connectivity index (χ4v) is 3.54. The van der Waals surface area contributed by atoms with E-state index in [-0.39, 0.29) is 40.6 Å². The molecule has 0 bridgehead atoms. The summed E-state index contributed by atoms with van der Waals surface area (Å²) >= 11 is 0. The van der Waals surface area contributed by atoms with Gasteiger partial charge in [0.15, 0.2) is 11.4 Å². The van der Waals surface area contributed by atoms with Crippen molar-refractivity contribution < 1.29 is 18.7 Å². The van der Waals surface area contributed by atoms with Crippen molar-refractivity contribution in [3.8, 4) is 11.8 Å². The number of benzene rings is 1. The van der Waals surface area contributed by atoms with Crippen molar-refractivity contribution in [2.24, 2.45) is 7.05 Å². The van der Waals surface area contributed by atoms with Crippen molar-refractivity contribution >= 4 is 5.97 Å². The smallest absolute Gasteiger partial charge is 0.361 e. The van der Waals surface area contributed by atoms with E-state index < -0.39 is 23.6 Å². The van der Waals surface area contributed by atoms with Gasteiger partial charge in [0, 0.05) is 30.8 Å². The Morgan fingerprint density at radius 3 is 2.66 bits per heavy atom. The Morgan fingerprint density at radius 1 is 1.34 bits per heavy atom. The number of hydrogen-bond acceptors (Lipinski definition) is 7. The summed E-state index contributed by atoms with van der Waals surface area (Å²) in [5.74, 6) is -1.18. The van der Waals surface area contributed by atoms with Crippen LogP contribution in [-0.2, 0) is 23.9 Å². The van der Waals surface area contributed by atoms with Crippen LogP contribution in [0.2, 0.25) is 0 Å². The third-order valence-corrected chi connectivity index (χ3v) is 5.15. The standard InChI is InChI=1S/C22H22FN5O4/c1-5-32-21(30)18-19(31-4)20(29)28(3)17(26-18)10-22(23,16-12-25-27-13(16)2)15-9-7-6-8-14(15)11-24/h6-9,12H,5,10H2,1-4H3,(H,25,27)/t22-/m0/s1. The molecular weight excluding hydrogens is 417 g/mol. The minimum atomic E-state index is -2.28. The zero-order chi connectivity index (χ0) is 23.5. The SMILES string of the molecule is CCOC(=O)c1nc(C[C@](F)(c2ccccc2C#N)c2c[nH]nc2C)n(C)c(=O)c1OC. The van der Waals surface area contributed by atoms with Gasteiger partial charge in [0.2, 0.25) is 5.75 Å². The maximum atomic E-state index is 16.9. The average Bonchev–Trinajstić information content (AvgIpc) is 3.23. The van der Waals surface area contributed by atoms with Crippen molar-refractivity contribution in [1.29, 1.82) is 5.26 Å². The van der Waals surface area contributed by atoms with Crippen LogP contribution in [0.5, 0.6) is 5.75 Å². The molecule has 3 aromatic rings. The fourth-order valence-electron chi connectivity index (χ4n) is 3.54. The van der Waals surface area contributed by atoms with Gasteiger partial charge in [-0.3, -0.25) is 14.5 Å². The molecule has 1 atom stereocenters. The normalized spacial score (nSPS) is 12.6. The number of ether oxygens (including phenoxy) is 2. The van der Waals surface area contributed by atoms with Gasteiger partial charge in [-0.1, -0.05) is 18.2 Å². The first-order valence-corrected chi connectivity index (χ1v) is 9.78. The molecule has 166 valence electrons. The van der Waals surface area contributed by atoms with Gasteiger partial charge >= 0.3 is 5.97 Å². The van der Waals surface area contributed by atoms with E-state index in [1.54, 1.807) is 26.0 Å². The highest BCUT2D eigenvalue weighted by Gasteiger charge is 2.41. The minimum absolute atomic E-state index is 0.0327. The number of aromatic amines is 1. The fraction of sp³-hybridized carbons (Fsp3) is 0.318. The number of alkyl halides is 1. The van der Waals surface area contributed by atoms with Crippen LogP contribution in [0.3, 0.4) is 0 Å². The highest BCUT2D eigenvalue weighted by atomic mass is 19.1. The summed E-state index contributed by atoms with van der Waals surface area (Å²) in [7, 11) is 2.64. The Balaban J connectivity index is 2.27. The summed E-state index contributed by atoms with van der Waals surface area (Å²) < 4.78 is 28.1. The third kappa shape index (κ3) is 3.85. The topological polar surface area (TPSA) is 123 Å². The molecule has 0 saturated heterocycles. The quantitative estimate of drug-likeness (QED) is 0.561. The zero-order valence-electron chi connectivity index (χ0n) is 18.1. The number of nitrogens with one attached hydrogen (secondary N) is 1. The molecule has 0 aliphatic heterocycles. The number of H-pyrrole nitrogens is 1. The van der Waals surface area contributed by atoms with E-state index >= 15 is 4.39 Å². The van der Waals surface area contributed by atoms with Crippen molar-refractivity contribution in [2.75, 3.05) is 13.7 Å². The van der Waals surface area contributed by atoms with Gasteiger partial charge in [0.25, 0.3) is 5.56 Å². The van der Waals surface area contributed by atoms with Gasteiger partial charge in [-0.05, 0) is 19.9 Å². The van der Waals surface area contributed by atoms with E-state index in [1.807, 2.05) is 6.07 Å². The number of rotatable bonds is 7. The molecule has 0 spiro atoms. The molecule has 2 heterocycles. The summed E-state index contributed by atoms with van der Waals surface area (Å²) in [6.07, 6.45) is 0.950. The number of nitriles is 1. The van der Waals surface area contributed by atoms with Crippen LogP contribution in [0.25, 0.3) is 0 Å². The molecule has 0 amide bonds. The van der Waals surface area contributed by atoms with Gasteiger partial charge in [-0.25, -0.2) is 14.2 Å². The van der Waals surface area contributed by atoms with Gasteiger partial charge in [-0.15, -0.1) is 0 Å². The van der Waals surface area contributed by atoms with Crippen molar-refractivity contribution in [3.05, 3.63) is 74.7 Å². The number of halogens is 1. The summed E-state index contributed by atoms with van der Waals surface area (Å²) in [5, 5.41) is 16.2. The Bertz CT molecular complexity index is 1260. The number of hydrogen-bond donors (Lipinski definition) is 1. The Kier molecular flexibility index (Phi) is 6.39. The molecule has 9 nitrogen and oxygen atoms in total. The lowest BCUT2D eigenvalue weighted by Crippen LogP contribution is -2.33. The predicted molar refractivity (Wildman–Crippen MR) is 112 cm³/mol. The lowest BCUT2D eigenvalue weighted by atomic mass is 9.83. The molecule has 32 heavy (non-hydrogen) atoms. The van der Waals surface area contributed by atoms with E-state index in [0.29, 0.717) is 5.69 Å². The number of esters is 1. The van der Waals surface area contributed by atoms with E-state index in [0.717, 1.165) is 4.57 Å². The summed E-state index contributed by atoms with van der Waals surface area (Å²) in [4.78, 5) is 29.5. The molecule has 0 unspecified atom stereocenters. The largest absolute Gasteiger partial charge is 0.489 e. The predicted octanol–water partition coefficient (Wildman–Crippen LogP) is 2.32. The maximum Gasteiger partial charge on any atom is 0.361 e. The van der Waals surface area contributed by atoms with Gasteiger partial charge in [0.1, 0.15) is 5.82 Å². The monoisotopic (exact) mass is 439 g/mol. The van der Waals surface area contributed by atoms with Crippen LogP contribution in [0, 0.1) is 18.3 Å². The van der Waals surface area contributed by atoms with E-state index in [4.69, 9.17) is 9.47 Å². The number of carbonyl (C=O) groups is 1. The lowest BCUT2D eigenvalue weighted by Gasteiger charge is -2.27. The number of carbonyl (C=O) groups excluding carboxylic acids is 1. The number of methoxy groups -OCH3 is 1. The first-order chi connectivity index (χ1) is 15.3. The van der Waals surface area contributed by atoms with Crippen LogP contribution in [-0.4, -0.2) is 39.4 Å². The van der Waals surface area contributed by atoms with Crippen LogP contribution >= 0.6 is 0 Å². The number of aromatic nitrogens is 4. The Morgan fingerprint density at radius 2 is 2.06 bits per heavy atom. The first kappa shape index (κ1) is 22.7. The molecule has 3 rings (SSSR count). The second-order valence-electron chi connectivity index (χ2n) is 7.01. The molecule has 0 aliphatic rings. The third-order valence-electron chi connectivity index (χ3n) is 5.15. The van der Waals surface area contributed by atoms with Crippen molar-refractivity contribution in [1.82, 2.24) is 19.7 Å². The Hall–Kier alpha value is -4.00. The summed E-state index contributed by atoms with van der Waals surface area (Å²) in [6, 6.07) is 8.25. The van der Waals surface area contributed by atoms with E-state index in [2.05, 4.69) is 15.2 Å². The first-order valence-electron chi connectivity index (χ1n) is 9.78. The molecule has 0 saturated carbocycles. The molecule has 0 aliphatic carbocycles. The summed E-state index contributed by atoms with van der Waals surface area (Å²) in [6.45, 7) is 3.30. The second-order valence-corrected chi connectivity index (χ2v) is 7.01. The van der Waals surface area contributed by atoms with Crippen molar-refractivity contribution in [2.45, 2.75) is 25.9 Å². The molecule has 1 aromatic carbocycles. The molecule has 0 fully saturated rings. The van der Waals surface area contributed by atoms with Crippen LogP contribution in [0.1, 0.15) is 45.6 Å². The van der Waals surface area contributed by atoms with Gasteiger partial charge in [0.05, 0.1) is 31.0 Å². The lowest BCUT2D eigenvalue weighted by molar-refractivity contribution is 0.0513. The highest BCUT2D eigenvalue weighted by Crippen LogP contribution is 2.39. The molecular formula is C22H22FN5O4. The van der Waals surface area contributed by atoms with E-state index in [1.165, 1.54) is 32.5 Å². The van der Waals surface area contributed by atoms with Gasteiger partial charge in [-0.2, -0.15) is 10.4 Å². The maximum absolute atomic E-state index is 16.9. The highest BCUT2D eigenvalue weighted by molar-refractivity contribution is 5.90. The van der Waals surface area contributed by atoms with Crippen LogP contribution in [0.15, 0.2) is 35.3 Å². The summed E-state index contributed by atoms with van der Waals surface area (Å²) in [5.41, 5.74) is -2.50.